The molecule has 0 aromatic heterocycles. The minimum atomic E-state index is -0.157. The molecule has 1 aliphatic carbocycles. The highest BCUT2D eigenvalue weighted by Gasteiger charge is 2.28. The fraction of sp³-hybridized carbons (Fsp3) is 0.750. The van der Waals surface area contributed by atoms with E-state index in [1.54, 1.807) is 0 Å². The smallest absolute Gasteiger partial charge is 0.184 e. The lowest BCUT2D eigenvalue weighted by Crippen LogP contribution is -2.28. The van der Waals surface area contributed by atoms with Crippen LogP contribution < -0.4 is 0 Å². The van der Waals surface area contributed by atoms with Crippen molar-refractivity contribution < 1.29 is 9.47 Å². The van der Waals surface area contributed by atoms with Gasteiger partial charge < -0.3 is 9.47 Å². The zero-order valence-electron chi connectivity index (χ0n) is 17.1. The van der Waals surface area contributed by atoms with Gasteiger partial charge in [-0.2, -0.15) is 0 Å². The Labute approximate surface area is 160 Å². The van der Waals surface area contributed by atoms with Crippen LogP contribution in [0.3, 0.4) is 0 Å². The molecule has 2 aliphatic rings. The predicted molar refractivity (Wildman–Crippen MR) is 109 cm³/mol. The summed E-state index contributed by atoms with van der Waals surface area (Å²) in [6.45, 7) is 8.58. The third kappa shape index (κ3) is 4.89. The number of benzene rings is 1. The molecule has 1 heterocycles. The normalized spacial score (nSPS) is 26.0. The summed E-state index contributed by atoms with van der Waals surface area (Å²) in [5, 5.41) is 0. The zero-order chi connectivity index (χ0) is 18.4. The van der Waals surface area contributed by atoms with Gasteiger partial charge in [0, 0.05) is 11.5 Å². The Balaban J connectivity index is 1.81. The van der Waals surface area contributed by atoms with Crippen LogP contribution in [0.5, 0.6) is 0 Å². The van der Waals surface area contributed by atoms with Gasteiger partial charge in [0.1, 0.15) is 0 Å². The predicted octanol–water partition coefficient (Wildman–Crippen LogP) is 7.10. The molecule has 1 atom stereocenters. The van der Waals surface area contributed by atoms with Crippen molar-refractivity contribution in [1.29, 1.82) is 0 Å². The minimum Gasteiger partial charge on any atom is -0.348 e. The second kappa shape index (κ2) is 9.90. The molecular formula is C24H38O2. The van der Waals surface area contributed by atoms with Gasteiger partial charge in [0.2, 0.25) is 0 Å². The Hall–Kier alpha value is -0.860. The quantitative estimate of drug-likeness (QED) is 0.517. The monoisotopic (exact) mass is 358 g/mol. The van der Waals surface area contributed by atoms with Gasteiger partial charge in [-0.05, 0) is 48.6 Å². The Morgan fingerprint density at radius 3 is 2.35 bits per heavy atom. The first-order valence-electron chi connectivity index (χ1n) is 11.1. The largest absolute Gasteiger partial charge is 0.348 e. The van der Waals surface area contributed by atoms with E-state index in [1.165, 1.54) is 74.5 Å². The van der Waals surface area contributed by atoms with Crippen LogP contribution in [0, 0.1) is 5.92 Å². The van der Waals surface area contributed by atoms with Crippen molar-refractivity contribution in [3.05, 3.63) is 34.9 Å². The molecular weight excluding hydrogens is 320 g/mol. The van der Waals surface area contributed by atoms with E-state index in [4.69, 9.17) is 9.47 Å². The molecule has 1 saturated carbocycles. The van der Waals surface area contributed by atoms with Crippen LogP contribution in [0.15, 0.2) is 18.2 Å². The van der Waals surface area contributed by atoms with Gasteiger partial charge in [0.05, 0.1) is 13.2 Å². The number of hydrogen-bond acceptors (Lipinski definition) is 2. The molecule has 0 bridgehead atoms. The van der Waals surface area contributed by atoms with Crippen molar-refractivity contribution in [2.24, 2.45) is 5.92 Å². The van der Waals surface area contributed by atoms with Crippen molar-refractivity contribution in [2.75, 3.05) is 13.2 Å². The molecule has 2 heteroatoms. The van der Waals surface area contributed by atoms with Crippen LogP contribution in [0.1, 0.15) is 113 Å². The fourth-order valence-electron chi connectivity index (χ4n) is 4.78. The molecule has 2 fully saturated rings. The van der Waals surface area contributed by atoms with E-state index in [0.29, 0.717) is 17.8 Å². The van der Waals surface area contributed by atoms with Gasteiger partial charge in [0.15, 0.2) is 6.29 Å². The van der Waals surface area contributed by atoms with Crippen molar-refractivity contribution in [1.82, 2.24) is 0 Å². The SMILES string of the molecule is CCCC(C)c1ccc([C@H]2OC[C@H](CCC)CO2)c(C2CCCCC2)c1. The molecule has 1 unspecified atom stereocenters. The van der Waals surface area contributed by atoms with E-state index < -0.39 is 0 Å². The first-order chi connectivity index (χ1) is 12.7. The van der Waals surface area contributed by atoms with E-state index >= 15 is 0 Å². The topological polar surface area (TPSA) is 18.5 Å². The summed E-state index contributed by atoms with van der Waals surface area (Å²) in [6.07, 6.45) is 11.5. The molecule has 1 saturated heterocycles. The van der Waals surface area contributed by atoms with Crippen LogP contribution in [0.2, 0.25) is 0 Å². The van der Waals surface area contributed by atoms with Crippen LogP contribution in [0.25, 0.3) is 0 Å². The summed E-state index contributed by atoms with van der Waals surface area (Å²) in [7, 11) is 0. The average molecular weight is 359 g/mol. The second-order valence-electron chi connectivity index (χ2n) is 8.57. The molecule has 0 amide bonds. The van der Waals surface area contributed by atoms with Crippen LogP contribution in [-0.4, -0.2) is 13.2 Å². The van der Waals surface area contributed by atoms with Crippen molar-refractivity contribution in [2.45, 2.75) is 96.7 Å². The highest BCUT2D eigenvalue weighted by atomic mass is 16.7. The Kier molecular flexibility index (Phi) is 7.57. The molecule has 0 N–H and O–H groups in total. The van der Waals surface area contributed by atoms with Crippen molar-refractivity contribution >= 4 is 0 Å². The van der Waals surface area contributed by atoms with Gasteiger partial charge >= 0.3 is 0 Å². The first kappa shape index (κ1) is 19.9. The van der Waals surface area contributed by atoms with Crippen LogP contribution in [-0.2, 0) is 9.47 Å². The summed E-state index contributed by atoms with van der Waals surface area (Å²) in [5.74, 6) is 1.89. The molecule has 2 nitrogen and oxygen atoms in total. The van der Waals surface area contributed by atoms with Gasteiger partial charge in [0.25, 0.3) is 0 Å². The maximum Gasteiger partial charge on any atom is 0.184 e. The van der Waals surface area contributed by atoms with Gasteiger partial charge in [-0.25, -0.2) is 0 Å². The summed E-state index contributed by atoms with van der Waals surface area (Å²) in [6, 6.07) is 7.14. The van der Waals surface area contributed by atoms with E-state index in [0.717, 1.165) is 13.2 Å². The Morgan fingerprint density at radius 2 is 1.69 bits per heavy atom. The summed E-state index contributed by atoms with van der Waals surface area (Å²) >= 11 is 0. The summed E-state index contributed by atoms with van der Waals surface area (Å²) in [5.41, 5.74) is 4.32. The standard InChI is InChI=1S/C24H38O2/c1-4-9-18(3)21-13-14-22(23(15-21)20-11-7-6-8-12-20)24-25-16-19(10-5-2)17-26-24/h13-15,18-20,24H,4-12,16-17H2,1-3H3/t18?,19-,24-. The fourth-order valence-corrected chi connectivity index (χ4v) is 4.78. The first-order valence-corrected chi connectivity index (χ1v) is 11.1. The molecule has 146 valence electrons. The molecule has 26 heavy (non-hydrogen) atoms. The van der Waals surface area contributed by atoms with E-state index in [-0.39, 0.29) is 6.29 Å². The molecule has 0 spiro atoms. The molecule has 1 aliphatic heterocycles. The number of ether oxygens (including phenoxy) is 2. The molecule has 3 rings (SSSR count). The number of rotatable bonds is 7. The molecule has 0 radical (unpaired) electrons. The maximum atomic E-state index is 6.19. The van der Waals surface area contributed by atoms with Crippen molar-refractivity contribution in [3.63, 3.8) is 0 Å². The highest BCUT2D eigenvalue weighted by Crippen LogP contribution is 2.40. The number of hydrogen-bond donors (Lipinski definition) is 0. The zero-order valence-corrected chi connectivity index (χ0v) is 17.1. The second-order valence-corrected chi connectivity index (χ2v) is 8.57. The summed E-state index contributed by atoms with van der Waals surface area (Å²) in [4.78, 5) is 0. The van der Waals surface area contributed by atoms with Crippen LogP contribution in [0.4, 0.5) is 0 Å². The lowest BCUT2D eigenvalue weighted by atomic mass is 9.80. The van der Waals surface area contributed by atoms with Gasteiger partial charge in [-0.3, -0.25) is 0 Å². The van der Waals surface area contributed by atoms with E-state index in [9.17, 15) is 0 Å². The molecule has 1 aromatic rings. The molecule has 1 aromatic carbocycles. The average Bonchev–Trinajstić information content (AvgIpc) is 2.69. The highest BCUT2D eigenvalue weighted by molar-refractivity contribution is 5.37. The lowest BCUT2D eigenvalue weighted by Gasteiger charge is -2.33. The van der Waals surface area contributed by atoms with Crippen LogP contribution >= 0.6 is 0 Å². The third-order valence-electron chi connectivity index (χ3n) is 6.36. The maximum absolute atomic E-state index is 6.19. The van der Waals surface area contributed by atoms with Gasteiger partial charge in [-0.15, -0.1) is 0 Å². The Morgan fingerprint density at radius 1 is 0.962 bits per heavy atom. The lowest BCUT2D eigenvalue weighted by molar-refractivity contribution is -0.206. The van der Waals surface area contributed by atoms with E-state index in [2.05, 4.69) is 39.0 Å². The Bertz CT molecular complexity index is 539. The minimum absolute atomic E-state index is 0.157. The van der Waals surface area contributed by atoms with E-state index in [1.807, 2.05) is 0 Å². The van der Waals surface area contributed by atoms with Gasteiger partial charge in [-0.1, -0.05) is 71.1 Å². The van der Waals surface area contributed by atoms with Crippen molar-refractivity contribution in [3.8, 4) is 0 Å². The third-order valence-corrected chi connectivity index (χ3v) is 6.36. The summed E-state index contributed by atoms with van der Waals surface area (Å²) < 4.78 is 12.4.